The summed E-state index contributed by atoms with van der Waals surface area (Å²) in [5.74, 6) is -4.41. The number of nitrogens with zero attached hydrogens (tertiary/aromatic N) is 6. The number of nitrogens with one attached hydrogen (secondary N) is 1. The Morgan fingerprint density at radius 2 is 2.00 bits per heavy atom. The summed E-state index contributed by atoms with van der Waals surface area (Å²) < 4.78 is 1.30. The first-order valence-electron chi connectivity index (χ1n) is 10.4. The zero-order valence-electron chi connectivity index (χ0n) is 18.4. The van der Waals surface area contributed by atoms with Crippen molar-refractivity contribution in [2.45, 2.75) is 18.0 Å². The number of rotatable bonds is 7. The fourth-order valence-electron chi connectivity index (χ4n) is 3.88. The molecular weight excluding hydrogens is 528 g/mol. The predicted molar refractivity (Wildman–Crippen MR) is 127 cm³/mol. The van der Waals surface area contributed by atoms with Gasteiger partial charge in [-0.2, -0.15) is 0 Å². The summed E-state index contributed by atoms with van der Waals surface area (Å²) in [7, 11) is 0. The van der Waals surface area contributed by atoms with Crippen LogP contribution in [-0.2, 0) is 20.9 Å². The van der Waals surface area contributed by atoms with E-state index in [1.165, 1.54) is 40.0 Å². The number of nitrogens with two attached hydrogens (primary N) is 1. The van der Waals surface area contributed by atoms with Crippen molar-refractivity contribution in [1.82, 2.24) is 35.4 Å². The minimum absolute atomic E-state index is 0.0874. The number of thioether (sulfide) groups is 1. The largest absolute Gasteiger partial charge is 0.504 e. The molecule has 3 aromatic rings. The molecule has 1 aromatic carbocycles. The van der Waals surface area contributed by atoms with E-state index in [4.69, 9.17) is 5.73 Å². The number of aromatic hydroxyl groups is 2. The van der Waals surface area contributed by atoms with Crippen LogP contribution in [0.1, 0.15) is 10.5 Å². The van der Waals surface area contributed by atoms with Gasteiger partial charge in [0.05, 0.1) is 6.54 Å². The summed E-state index contributed by atoms with van der Waals surface area (Å²) in [5.41, 5.74) is 5.77. The Balaban J connectivity index is 1.36. The molecule has 0 spiro atoms. The molecule has 2 aliphatic heterocycles. The number of carboxylic acids is 1. The smallest absolute Gasteiger partial charge is 0.352 e. The first kappa shape index (κ1) is 24.2. The number of nitrogen functional groups attached to an aromatic ring is 1. The SMILES string of the molecule is Nc1nc(C(=O)C(=O)N[C@@H]2C(=O)N3C(C(=O)O)=C(Cn4nnnc4-c4ccc(O)c(O)c4)CS[C@H]23)cs1. The number of carbonyl (C=O) groups excluding carboxylic acids is 3. The number of aliphatic carboxylic acids is 1. The third kappa shape index (κ3) is 4.23. The Kier molecular flexibility index (Phi) is 6.00. The van der Waals surface area contributed by atoms with Crippen LogP contribution >= 0.6 is 23.1 Å². The number of fused-ring (bicyclic) bond motifs is 1. The third-order valence-corrected chi connectivity index (χ3v) is 7.62. The van der Waals surface area contributed by atoms with Gasteiger partial charge in [0.15, 0.2) is 22.5 Å². The molecule has 2 amide bonds. The first-order chi connectivity index (χ1) is 17.7. The van der Waals surface area contributed by atoms with Crippen molar-refractivity contribution < 1.29 is 34.5 Å². The van der Waals surface area contributed by atoms with Gasteiger partial charge in [0.2, 0.25) is 0 Å². The molecule has 17 heteroatoms. The van der Waals surface area contributed by atoms with E-state index in [0.29, 0.717) is 11.1 Å². The number of carbonyl (C=O) groups is 4. The fourth-order valence-corrected chi connectivity index (χ4v) is 5.76. The molecule has 1 fully saturated rings. The van der Waals surface area contributed by atoms with Gasteiger partial charge in [0.25, 0.3) is 17.6 Å². The Hall–Kier alpha value is -4.51. The van der Waals surface area contributed by atoms with E-state index in [1.54, 1.807) is 0 Å². The number of phenols is 2. The van der Waals surface area contributed by atoms with E-state index in [2.05, 4.69) is 25.8 Å². The summed E-state index contributed by atoms with van der Waals surface area (Å²) in [4.78, 5) is 54.5. The number of hydrogen-bond acceptors (Lipinski definition) is 13. The minimum atomic E-state index is -1.36. The highest BCUT2D eigenvalue weighted by Gasteiger charge is 2.54. The highest BCUT2D eigenvalue weighted by atomic mass is 32.2. The number of tetrazole rings is 1. The number of hydrogen-bond donors (Lipinski definition) is 5. The summed E-state index contributed by atoms with van der Waals surface area (Å²) in [6.07, 6.45) is 0. The normalized spacial score (nSPS) is 18.8. The van der Waals surface area contributed by atoms with Crippen molar-refractivity contribution in [3.63, 3.8) is 0 Å². The Labute approximate surface area is 214 Å². The lowest BCUT2D eigenvalue weighted by molar-refractivity contribution is -0.150. The van der Waals surface area contributed by atoms with Crippen LogP contribution in [0.25, 0.3) is 11.4 Å². The molecule has 2 atom stereocenters. The van der Waals surface area contributed by atoms with Gasteiger partial charge in [0, 0.05) is 16.7 Å². The monoisotopic (exact) mass is 544 g/mol. The molecular formula is C20H16N8O7S2. The van der Waals surface area contributed by atoms with E-state index in [1.807, 2.05) is 0 Å². The van der Waals surface area contributed by atoms with Crippen molar-refractivity contribution in [2.24, 2.45) is 0 Å². The van der Waals surface area contributed by atoms with Crippen LogP contribution in [0.4, 0.5) is 5.13 Å². The summed E-state index contributed by atoms with van der Waals surface area (Å²) >= 11 is 2.19. The van der Waals surface area contributed by atoms with Crippen LogP contribution in [0.15, 0.2) is 34.8 Å². The number of β-lactam (4-membered cyclic amide) rings is 1. The van der Waals surface area contributed by atoms with Gasteiger partial charge in [-0.1, -0.05) is 0 Å². The molecule has 0 aliphatic carbocycles. The van der Waals surface area contributed by atoms with Crippen molar-refractivity contribution in [1.29, 1.82) is 0 Å². The average Bonchev–Trinajstić information content (AvgIpc) is 3.52. The highest BCUT2D eigenvalue weighted by Crippen LogP contribution is 2.41. The van der Waals surface area contributed by atoms with Crippen LogP contribution in [0.3, 0.4) is 0 Å². The molecule has 0 saturated carbocycles. The molecule has 2 aromatic heterocycles. The number of amides is 2. The maximum absolute atomic E-state index is 12.9. The third-order valence-electron chi connectivity index (χ3n) is 5.60. The number of benzene rings is 1. The minimum Gasteiger partial charge on any atom is -0.504 e. The Morgan fingerprint density at radius 1 is 1.22 bits per heavy atom. The van der Waals surface area contributed by atoms with E-state index in [9.17, 15) is 34.5 Å². The zero-order chi connectivity index (χ0) is 26.4. The molecule has 0 bridgehead atoms. The molecule has 6 N–H and O–H groups in total. The molecule has 1 saturated heterocycles. The van der Waals surface area contributed by atoms with Gasteiger partial charge in [0.1, 0.15) is 22.8 Å². The zero-order valence-corrected chi connectivity index (χ0v) is 20.1. The highest BCUT2D eigenvalue weighted by molar-refractivity contribution is 8.00. The molecule has 5 rings (SSSR count). The Bertz CT molecular complexity index is 1500. The van der Waals surface area contributed by atoms with E-state index in [-0.39, 0.29) is 46.1 Å². The second-order valence-corrected chi connectivity index (χ2v) is 9.88. The quantitative estimate of drug-likeness (QED) is 0.109. The predicted octanol–water partition coefficient (Wildman–Crippen LogP) is -0.588. The molecule has 2 aliphatic rings. The van der Waals surface area contributed by atoms with Crippen LogP contribution in [-0.4, -0.2) is 86.1 Å². The standard InChI is InChI=1S/C20H16N8O7S2/c21-20-22-9(6-37-20)14(31)16(32)23-12-17(33)28-13(19(34)35)8(5-36-18(12)28)4-27-15(24-25-26-27)7-1-2-10(29)11(30)3-7/h1-3,6,12,18,29-30H,4-5H2,(H2,21,22)(H,23,32)(H,34,35)/t12-,18-/m1/s1. The van der Waals surface area contributed by atoms with E-state index < -0.39 is 35.0 Å². The first-order valence-corrected chi connectivity index (χ1v) is 12.3. The van der Waals surface area contributed by atoms with Gasteiger partial charge in [-0.05, 0) is 34.2 Å². The van der Waals surface area contributed by atoms with Crippen LogP contribution in [0.5, 0.6) is 11.5 Å². The van der Waals surface area contributed by atoms with Crippen LogP contribution in [0.2, 0.25) is 0 Å². The molecule has 0 radical (unpaired) electrons. The topological polar surface area (TPSA) is 227 Å². The van der Waals surface area contributed by atoms with Gasteiger partial charge >= 0.3 is 5.97 Å². The van der Waals surface area contributed by atoms with Crippen molar-refractivity contribution in [3.8, 4) is 22.9 Å². The molecule has 190 valence electrons. The van der Waals surface area contributed by atoms with E-state index >= 15 is 0 Å². The maximum Gasteiger partial charge on any atom is 0.352 e. The Morgan fingerprint density at radius 3 is 2.68 bits per heavy atom. The number of ketones is 1. The lowest BCUT2D eigenvalue weighted by Gasteiger charge is -2.49. The van der Waals surface area contributed by atoms with Crippen LogP contribution in [0, 0.1) is 0 Å². The number of thiazole rings is 1. The van der Waals surface area contributed by atoms with Gasteiger partial charge in [-0.25, -0.2) is 14.5 Å². The summed E-state index contributed by atoms with van der Waals surface area (Å²) in [5, 5.41) is 43.7. The number of carboxylic acid groups (broad SMARTS) is 1. The van der Waals surface area contributed by atoms with Crippen molar-refractivity contribution in [2.75, 3.05) is 11.5 Å². The molecule has 0 unspecified atom stereocenters. The van der Waals surface area contributed by atoms with Crippen molar-refractivity contribution >= 4 is 51.8 Å². The number of aromatic nitrogens is 5. The second kappa shape index (κ2) is 9.17. The van der Waals surface area contributed by atoms with Gasteiger partial charge in [-0.3, -0.25) is 19.3 Å². The van der Waals surface area contributed by atoms with Crippen LogP contribution < -0.4 is 11.1 Å². The number of Topliss-reactive ketones (excluding diaryl/α,β-unsaturated/α-hetero) is 1. The average molecular weight is 545 g/mol. The molecule has 4 heterocycles. The van der Waals surface area contributed by atoms with Gasteiger partial charge < -0.3 is 26.4 Å². The lowest BCUT2D eigenvalue weighted by atomic mass is 10.0. The number of anilines is 1. The fraction of sp³-hybridized carbons (Fsp3) is 0.200. The maximum atomic E-state index is 12.9. The van der Waals surface area contributed by atoms with E-state index in [0.717, 1.165) is 16.2 Å². The van der Waals surface area contributed by atoms with Gasteiger partial charge in [-0.15, -0.1) is 28.2 Å². The molecule has 15 nitrogen and oxygen atoms in total. The van der Waals surface area contributed by atoms with Crippen molar-refractivity contribution in [3.05, 3.63) is 40.5 Å². The molecule has 37 heavy (non-hydrogen) atoms. The number of phenolic OH excluding ortho intramolecular Hbond substituents is 2. The summed E-state index contributed by atoms with van der Waals surface area (Å²) in [6, 6.07) is 2.89. The summed E-state index contributed by atoms with van der Waals surface area (Å²) in [6.45, 7) is -0.0874. The second-order valence-electron chi connectivity index (χ2n) is 7.88. The lowest BCUT2D eigenvalue weighted by Crippen LogP contribution is -2.71.